The molecule has 21 heavy (non-hydrogen) atoms. The van der Waals surface area contributed by atoms with Gasteiger partial charge in [-0.15, -0.1) is 11.8 Å². The average molecular weight is 309 g/mol. The molecular weight excluding hydrogens is 290 g/mol. The van der Waals surface area contributed by atoms with Gasteiger partial charge >= 0.3 is 5.97 Å². The second-order valence-electron chi connectivity index (χ2n) is 4.89. The molecule has 1 saturated heterocycles. The number of carbonyl (C=O) groups excluding carboxylic acids is 1. The number of ether oxygens (including phenoxy) is 1. The fourth-order valence-electron chi connectivity index (χ4n) is 2.23. The molecule has 1 aliphatic heterocycles. The Kier molecular flexibility index (Phi) is 6.07. The van der Waals surface area contributed by atoms with Gasteiger partial charge in [-0.2, -0.15) is 0 Å². The van der Waals surface area contributed by atoms with Crippen LogP contribution in [0.2, 0.25) is 0 Å². The molecule has 1 aromatic rings. The van der Waals surface area contributed by atoms with Gasteiger partial charge in [0.15, 0.2) is 0 Å². The van der Waals surface area contributed by atoms with Crippen molar-refractivity contribution in [2.24, 2.45) is 0 Å². The molecule has 114 valence electrons. The first kappa shape index (κ1) is 15.9. The van der Waals surface area contributed by atoms with Gasteiger partial charge in [0.2, 0.25) is 0 Å². The Morgan fingerprint density at radius 3 is 3.00 bits per heavy atom. The van der Waals surface area contributed by atoms with Crippen LogP contribution < -0.4 is 5.32 Å². The first-order valence-electron chi connectivity index (χ1n) is 6.92. The van der Waals surface area contributed by atoms with Gasteiger partial charge in [-0.25, -0.2) is 0 Å². The highest BCUT2D eigenvalue weighted by atomic mass is 32.2. The molecule has 5 nitrogen and oxygen atoms in total. The van der Waals surface area contributed by atoms with E-state index in [0.717, 1.165) is 25.2 Å². The molecule has 1 amide bonds. The second-order valence-corrected chi connectivity index (χ2v) is 5.99. The topological polar surface area (TPSA) is 75.6 Å². The van der Waals surface area contributed by atoms with Crippen molar-refractivity contribution < 1.29 is 19.4 Å². The van der Waals surface area contributed by atoms with Gasteiger partial charge < -0.3 is 15.2 Å². The molecule has 1 aromatic carbocycles. The predicted octanol–water partition coefficient (Wildman–Crippen LogP) is 1.74. The largest absolute Gasteiger partial charge is 0.481 e. The standard InChI is InChI=1S/C15H19NO4S/c17-14(18)10-21-7-5-16-15(19)12-3-1-2-11(8-12)13-4-6-20-9-13/h1-3,8,13H,4-7,9-10H2,(H,16,19)(H,17,18). The van der Waals surface area contributed by atoms with Gasteiger partial charge in [-0.3, -0.25) is 9.59 Å². The summed E-state index contributed by atoms with van der Waals surface area (Å²) in [5.74, 6) is 0.0784. The summed E-state index contributed by atoms with van der Waals surface area (Å²) in [5.41, 5.74) is 1.78. The van der Waals surface area contributed by atoms with Crippen molar-refractivity contribution >= 4 is 23.6 Å². The number of benzene rings is 1. The zero-order valence-electron chi connectivity index (χ0n) is 11.7. The first-order valence-corrected chi connectivity index (χ1v) is 8.07. The molecule has 1 heterocycles. The summed E-state index contributed by atoms with van der Waals surface area (Å²) in [6, 6.07) is 7.62. The summed E-state index contributed by atoms with van der Waals surface area (Å²) in [4.78, 5) is 22.4. The van der Waals surface area contributed by atoms with Crippen molar-refractivity contribution in [2.45, 2.75) is 12.3 Å². The smallest absolute Gasteiger partial charge is 0.313 e. The van der Waals surface area contributed by atoms with E-state index in [2.05, 4.69) is 5.32 Å². The van der Waals surface area contributed by atoms with Crippen molar-refractivity contribution in [1.82, 2.24) is 5.32 Å². The van der Waals surface area contributed by atoms with Gasteiger partial charge in [0.25, 0.3) is 5.91 Å². The molecule has 1 unspecified atom stereocenters. The summed E-state index contributed by atoms with van der Waals surface area (Å²) >= 11 is 1.29. The van der Waals surface area contributed by atoms with E-state index in [1.54, 1.807) is 6.07 Å². The number of carbonyl (C=O) groups is 2. The van der Waals surface area contributed by atoms with Gasteiger partial charge in [0.05, 0.1) is 12.4 Å². The Morgan fingerprint density at radius 1 is 1.43 bits per heavy atom. The van der Waals surface area contributed by atoms with Crippen molar-refractivity contribution in [3.05, 3.63) is 35.4 Å². The summed E-state index contributed by atoms with van der Waals surface area (Å²) in [7, 11) is 0. The molecule has 2 rings (SSSR count). The molecule has 1 atom stereocenters. The van der Waals surface area contributed by atoms with Crippen LogP contribution in [0.1, 0.15) is 28.3 Å². The summed E-state index contributed by atoms with van der Waals surface area (Å²) in [5, 5.41) is 11.3. The molecule has 0 aromatic heterocycles. The minimum Gasteiger partial charge on any atom is -0.481 e. The zero-order chi connectivity index (χ0) is 15.1. The molecule has 0 aliphatic carbocycles. The lowest BCUT2D eigenvalue weighted by atomic mass is 9.96. The van der Waals surface area contributed by atoms with Crippen LogP contribution in [0.15, 0.2) is 24.3 Å². The second kappa shape index (κ2) is 8.05. The van der Waals surface area contributed by atoms with Crippen molar-refractivity contribution in [3.8, 4) is 0 Å². The molecule has 0 bridgehead atoms. The van der Waals surface area contributed by atoms with Gasteiger partial charge in [0.1, 0.15) is 0 Å². The number of hydrogen-bond acceptors (Lipinski definition) is 4. The molecule has 6 heteroatoms. The number of carboxylic acid groups (broad SMARTS) is 1. The van der Waals surface area contributed by atoms with E-state index in [-0.39, 0.29) is 11.7 Å². The summed E-state index contributed by atoms with van der Waals surface area (Å²) in [6.07, 6.45) is 0.997. The zero-order valence-corrected chi connectivity index (χ0v) is 12.5. The lowest BCUT2D eigenvalue weighted by molar-refractivity contribution is -0.133. The normalized spacial score (nSPS) is 17.6. The minimum atomic E-state index is -0.835. The first-order chi connectivity index (χ1) is 10.2. The van der Waals surface area contributed by atoms with Crippen LogP contribution in [-0.4, -0.2) is 48.2 Å². The Bertz CT molecular complexity index is 500. The Hall–Kier alpha value is -1.53. The molecule has 0 spiro atoms. The molecule has 2 N–H and O–H groups in total. The number of amides is 1. The molecule has 1 aliphatic rings. The lowest BCUT2D eigenvalue weighted by Gasteiger charge is -2.10. The average Bonchev–Trinajstić information content (AvgIpc) is 3.01. The van der Waals surface area contributed by atoms with E-state index >= 15 is 0 Å². The maximum absolute atomic E-state index is 12.0. The fourth-order valence-corrected chi connectivity index (χ4v) is 2.79. The SMILES string of the molecule is O=C(O)CSCCNC(=O)c1cccc(C2CCOC2)c1. The number of nitrogens with one attached hydrogen (secondary N) is 1. The number of hydrogen-bond donors (Lipinski definition) is 2. The van der Waals surface area contributed by atoms with Crippen LogP contribution in [0.25, 0.3) is 0 Å². The Balaban J connectivity index is 1.81. The third-order valence-electron chi connectivity index (χ3n) is 3.31. The number of thioether (sulfide) groups is 1. The molecular formula is C15H19NO4S. The molecule has 0 radical (unpaired) electrons. The summed E-state index contributed by atoms with van der Waals surface area (Å²) in [6.45, 7) is 1.96. The van der Waals surface area contributed by atoms with Crippen LogP contribution in [0.3, 0.4) is 0 Å². The predicted molar refractivity (Wildman–Crippen MR) is 81.9 cm³/mol. The maximum atomic E-state index is 12.0. The lowest BCUT2D eigenvalue weighted by Crippen LogP contribution is -2.26. The Labute approximate surface area is 128 Å². The third-order valence-corrected chi connectivity index (χ3v) is 4.25. The molecule has 0 saturated carbocycles. The minimum absolute atomic E-state index is 0.0625. The number of rotatable bonds is 7. The van der Waals surface area contributed by atoms with Crippen LogP contribution in [0.4, 0.5) is 0 Å². The highest BCUT2D eigenvalue weighted by molar-refractivity contribution is 7.99. The maximum Gasteiger partial charge on any atom is 0.313 e. The van der Waals surface area contributed by atoms with Crippen LogP contribution in [0, 0.1) is 0 Å². The van der Waals surface area contributed by atoms with Gasteiger partial charge in [-0.1, -0.05) is 12.1 Å². The van der Waals surface area contributed by atoms with Crippen LogP contribution in [-0.2, 0) is 9.53 Å². The van der Waals surface area contributed by atoms with E-state index in [4.69, 9.17) is 9.84 Å². The number of aliphatic carboxylic acids is 1. The van der Waals surface area contributed by atoms with E-state index in [9.17, 15) is 9.59 Å². The van der Waals surface area contributed by atoms with E-state index in [1.807, 2.05) is 18.2 Å². The third kappa shape index (κ3) is 5.06. The highest BCUT2D eigenvalue weighted by Gasteiger charge is 2.18. The summed E-state index contributed by atoms with van der Waals surface area (Å²) < 4.78 is 5.37. The van der Waals surface area contributed by atoms with Gasteiger partial charge in [0, 0.05) is 30.4 Å². The van der Waals surface area contributed by atoms with Gasteiger partial charge in [-0.05, 0) is 24.1 Å². The molecule has 1 fully saturated rings. The van der Waals surface area contributed by atoms with Crippen molar-refractivity contribution in [3.63, 3.8) is 0 Å². The fraction of sp³-hybridized carbons (Fsp3) is 0.467. The number of carboxylic acids is 1. The van der Waals surface area contributed by atoms with Crippen molar-refractivity contribution in [1.29, 1.82) is 0 Å². The monoisotopic (exact) mass is 309 g/mol. The van der Waals surface area contributed by atoms with Crippen molar-refractivity contribution in [2.75, 3.05) is 31.3 Å². The Morgan fingerprint density at radius 2 is 2.29 bits per heavy atom. The quantitative estimate of drug-likeness (QED) is 0.750. The van der Waals surface area contributed by atoms with E-state index in [1.165, 1.54) is 11.8 Å². The highest BCUT2D eigenvalue weighted by Crippen LogP contribution is 2.25. The van der Waals surface area contributed by atoms with E-state index in [0.29, 0.717) is 23.8 Å². The van der Waals surface area contributed by atoms with Crippen LogP contribution in [0.5, 0.6) is 0 Å². The van der Waals surface area contributed by atoms with Crippen LogP contribution >= 0.6 is 11.8 Å². The van der Waals surface area contributed by atoms with E-state index < -0.39 is 5.97 Å².